The van der Waals surface area contributed by atoms with E-state index in [1.807, 2.05) is 29.7 Å². The van der Waals surface area contributed by atoms with E-state index >= 15 is 0 Å². The van der Waals surface area contributed by atoms with Gasteiger partial charge in [0.15, 0.2) is 0 Å². The number of nitrogens with zero attached hydrogens (tertiary/aromatic N) is 2. The van der Waals surface area contributed by atoms with E-state index in [0.29, 0.717) is 11.0 Å². The highest BCUT2D eigenvalue weighted by atomic mass is 35.5. The maximum absolute atomic E-state index is 12.1. The second-order valence-electron chi connectivity index (χ2n) is 6.08. The Morgan fingerprint density at radius 3 is 2.33 bits per heavy atom. The van der Waals surface area contributed by atoms with Gasteiger partial charge in [-0.2, -0.15) is 8.78 Å². The summed E-state index contributed by atoms with van der Waals surface area (Å²) < 4.78 is 24.2. The van der Waals surface area contributed by atoms with Crippen LogP contribution in [0.2, 0.25) is 5.02 Å². The molecule has 1 fully saturated rings. The number of carbonyl (C=O) groups excluding carboxylic acids is 2. The number of carbonyl (C=O) groups is 2. The summed E-state index contributed by atoms with van der Waals surface area (Å²) in [6, 6.07) is 7.53. The summed E-state index contributed by atoms with van der Waals surface area (Å²) in [6.45, 7) is 0. The summed E-state index contributed by atoms with van der Waals surface area (Å²) in [4.78, 5) is 30.8. The zero-order valence-electron chi connectivity index (χ0n) is 14.0. The van der Waals surface area contributed by atoms with Crippen LogP contribution in [0.1, 0.15) is 35.2 Å². The van der Waals surface area contributed by atoms with Crippen LogP contribution in [-0.4, -0.2) is 28.2 Å². The van der Waals surface area contributed by atoms with Gasteiger partial charge >= 0.3 is 12.3 Å². The molecule has 0 spiro atoms. The van der Waals surface area contributed by atoms with Crippen LogP contribution in [0.5, 0.6) is 0 Å². The number of hydrazine groups is 1. The molecule has 7 nitrogen and oxygen atoms in total. The van der Waals surface area contributed by atoms with Gasteiger partial charge in [0.1, 0.15) is 0 Å². The largest absolute Gasteiger partial charge is 0.345 e. The number of halogens is 3. The molecule has 1 aromatic heterocycles. The third-order valence-electron chi connectivity index (χ3n) is 4.36. The predicted molar refractivity (Wildman–Crippen MR) is 94.2 cm³/mol. The first-order valence-electron chi connectivity index (χ1n) is 8.15. The van der Waals surface area contributed by atoms with Gasteiger partial charge in [0.2, 0.25) is 5.95 Å². The first-order chi connectivity index (χ1) is 12.9. The molecule has 2 amide bonds. The number of amides is 2. The van der Waals surface area contributed by atoms with Crippen molar-refractivity contribution in [2.24, 2.45) is 0 Å². The van der Waals surface area contributed by atoms with Gasteiger partial charge in [0.25, 0.3) is 5.91 Å². The predicted octanol–water partition coefficient (Wildman–Crippen LogP) is 2.65. The van der Waals surface area contributed by atoms with Crippen molar-refractivity contribution in [2.75, 3.05) is 5.32 Å². The fourth-order valence-corrected chi connectivity index (χ4v) is 3.13. The number of anilines is 1. The van der Waals surface area contributed by atoms with Gasteiger partial charge in [-0.1, -0.05) is 29.8 Å². The van der Waals surface area contributed by atoms with Gasteiger partial charge in [0.05, 0.1) is 11.1 Å². The summed E-state index contributed by atoms with van der Waals surface area (Å²) in [7, 11) is 0. The highest BCUT2D eigenvalue weighted by molar-refractivity contribution is 6.31. The molecular weight excluding hydrogens is 380 g/mol. The van der Waals surface area contributed by atoms with Crippen molar-refractivity contribution in [3.8, 4) is 0 Å². The number of rotatable bonds is 5. The van der Waals surface area contributed by atoms with Crippen LogP contribution in [0.4, 0.5) is 14.7 Å². The second kappa shape index (κ2) is 7.83. The molecule has 27 heavy (non-hydrogen) atoms. The maximum Gasteiger partial charge on any atom is 0.317 e. The Labute approximate surface area is 158 Å². The SMILES string of the molecule is O=C(NNC(=O)C(F)F)c1cnc(NC2(c3ccccc3Cl)CCC2)nc1. The lowest BCUT2D eigenvalue weighted by molar-refractivity contribution is -0.132. The molecule has 1 aliphatic carbocycles. The number of aromatic nitrogens is 2. The standard InChI is InChI=1S/C17H16ClF2N5O2/c18-12-5-2-1-4-11(12)17(6-3-7-17)23-16-21-8-10(9-22-16)14(26)24-25-15(27)13(19)20/h1-2,4-5,8-9,13H,3,6-7H2,(H,24,26)(H,25,27)(H,21,22,23). The van der Waals surface area contributed by atoms with Crippen LogP contribution in [0.3, 0.4) is 0 Å². The smallest absolute Gasteiger partial charge is 0.317 e. The minimum atomic E-state index is -3.23. The average Bonchev–Trinajstić information content (AvgIpc) is 2.63. The number of hydrogen-bond acceptors (Lipinski definition) is 5. The number of nitrogens with one attached hydrogen (secondary N) is 3. The zero-order chi connectivity index (χ0) is 19.4. The molecule has 1 heterocycles. The summed E-state index contributed by atoms with van der Waals surface area (Å²) >= 11 is 6.32. The molecular formula is C17H16ClF2N5O2. The van der Waals surface area contributed by atoms with Crippen LogP contribution in [0.15, 0.2) is 36.7 Å². The lowest BCUT2D eigenvalue weighted by Gasteiger charge is -2.43. The number of alkyl halides is 2. The summed E-state index contributed by atoms with van der Waals surface area (Å²) in [6.07, 6.45) is 2.00. The molecule has 3 N–H and O–H groups in total. The molecule has 142 valence electrons. The van der Waals surface area contributed by atoms with Gasteiger partial charge in [-0.05, 0) is 30.9 Å². The molecule has 2 aromatic rings. The van der Waals surface area contributed by atoms with E-state index in [-0.39, 0.29) is 11.1 Å². The van der Waals surface area contributed by atoms with Crippen LogP contribution >= 0.6 is 11.6 Å². The summed E-state index contributed by atoms with van der Waals surface area (Å²) in [5.41, 5.74) is 4.07. The van der Waals surface area contributed by atoms with Crippen molar-refractivity contribution in [1.82, 2.24) is 20.8 Å². The van der Waals surface area contributed by atoms with E-state index < -0.39 is 18.2 Å². The van der Waals surface area contributed by atoms with Gasteiger partial charge in [-0.25, -0.2) is 9.97 Å². The van der Waals surface area contributed by atoms with Crippen molar-refractivity contribution in [1.29, 1.82) is 0 Å². The Hall–Kier alpha value is -2.81. The first-order valence-corrected chi connectivity index (χ1v) is 8.53. The first kappa shape index (κ1) is 19.0. The van der Waals surface area contributed by atoms with Crippen molar-refractivity contribution in [3.63, 3.8) is 0 Å². The highest BCUT2D eigenvalue weighted by Crippen LogP contribution is 2.45. The lowest BCUT2D eigenvalue weighted by atomic mass is 9.72. The van der Waals surface area contributed by atoms with E-state index in [1.165, 1.54) is 12.4 Å². The van der Waals surface area contributed by atoms with E-state index in [1.54, 1.807) is 5.43 Å². The Bertz CT molecular complexity index is 843. The zero-order valence-corrected chi connectivity index (χ0v) is 14.8. The number of hydrogen-bond donors (Lipinski definition) is 3. The molecule has 0 bridgehead atoms. The van der Waals surface area contributed by atoms with Crippen molar-refractivity contribution >= 4 is 29.4 Å². The van der Waals surface area contributed by atoms with E-state index in [4.69, 9.17) is 11.6 Å². The molecule has 0 saturated heterocycles. The quantitative estimate of drug-likeness (QED) is 0.676. The van der Waals surface area contributed by atoms with Gasteiger partial charge in [-0.3, -0.25) is 20.4 Å². The second-order valence-corrected chi connectivity index (χ2v) is 6.49. The monoisotopic (exact) mass is 395 g/mol. The Kier molecular flexibility index (Phi) is 5.50. The van der Waals surface area contributed by atoms with Crippen LogP contribution in [0.25, 0.3) is 0 Å². The topological polar surface area (TPSA) is 96.0 Å². The number of benzene rings is 1. The third-order valence-corrected chi connectivity index (χ3v) is 4.69. The van der Waals surface area contributed by atoms with Crippen molar-refractivity contribution in [3.05, 3.63) is 52.8 Å². The average molecular weight is 396 g/mol. The minimum absolute atomic E-state index is 0.00974. The fourth-order valence-electron chi connectivity index (χ4n) is 2.81. The van der Waals surface area contributed by atoms with E-state index in [9.17, 15) is 18.4 Å². The lowest BCUT2D eigenvalue weighted by Crippen LogP contribution is -2.44. The molecule has 0 unspecified atom stereocenters. The highest BCUT2D eigenvalue weighted by Gasteiger charge is 2.40. The van der Waals surface area contributed by atoms with Crippen LogP contribution in [-0.2, 0) is 10.3 Å². The van der Waals surface area contributed by atoms with E-state index in [2.05, 4.69) is 15.3 Å². The maximum atomic E-state index is 12.1. The van der Waals surface area contributed by atoms with Crippen molar-refractivity contribution < 1.29 is 18.4 Å². The van der Waals surface area contributed by atoms with E-state index in [0.717, 1.165) is 24.8 Å². The third kappa shape index (κ3) is 4.13. The van der Waals surface area contributed by atoms with Gasteiger partial charge in [-0.15, -0.1) is 0 Å². The Morgan fingerprint density at radius 1 is 1.11 bits per heavy atom. The molecule has 0 radical (unpaired) electrons. The molecule has 1 aliphatic rings. The van der Waals surface area contributed by atoms with Gasteiger partial charge in [0, 0.05) is 17.4 Å². The minimum Gasteiger partial charge on any atom is -0.345 e. The van der Waals surface area contributed by atoms with Crippen LogP contribution < -0.4 is 16.2 Å². The normalized spacial score (nSPS) is 15.0. The Balaban J connectivity index is 1.68. The molecule has 1 aromatic carbocycles. The van der Waals surface area contributed by atoms with Gasteiger partial charge < -0.3 is 5.32 Å². The molecule has 3 rings (SSSR count). The molecule has 10 heteroatoms. The summed E-state index contributed by atoms with van der Waals surface area (Å²) in [5.74, 6) is -2.10. The fraction of sp³-hybridized carbons (Fsp3) is 0.294. The molecule has 0 atom stereocenters. The molecule has 0 aliphatic heterocycles. The Morgan fingerprint density at radius 2 is 1.78 bits per heavy atom. The van der Waals surface area contributed by atoms with Crippen LogP contribution in [0, 0.1) is 0 Å². The summed E-state index contributed by atoms with van der Waals surface area (Å²) in [5, 5.41) is 3.92. The van der Waals surface area contributed by atoms with Crippen molar-refractivity contribution in [2.45, 2.75) is 31.2 Å². The molecule has 1 saturated carbocycles.